The van der Waals surface area contributed by atoms with E-state index < -0.39 is 0 Å². The zero-order chi connectivity index (χ0) is 17.8. The lowest BCUT2D eigenvalue weighted by Gasteiger charge is -2.42. The molecule has 0 amide bonds. The Balaban J connectivity index is 1.24. The van der Waals surface area contributed by atoms with E-state index in [-0.39, 0.29) is 5.82 Å². The van der Waals surface area contributed by atoms with Gasteiger partial charge < -0.3 is 0 Å². The van der Waals surface area contributed by atoms with Crippen molar-refractivity contribution in [2.45, 2.75) is 44.2 Å². The van der Waals surface area contributed by atoms with Gasteiger partial charge in [-0.25, -0.2) is 4.39 Å². The Hall–Kier alpha value is -1.71. The summed E-state index contributed by atoms with van der Waals surface area (Å²) in [5.74, 6) is 0.623. The SMILES string of the molecule is Fc1cccc(CN2CCN(C3CCC(c4ccccc4)CC3)CC2)c1. The zero-order valence-corrected chi connectivity index (χ0v) is 15.5. The van der Waals surface area contributed by atoms with Crippen LogP contribution in [0.25, 0.3) is 0 Å². The maximum absolute atomic E-state index is 13.4. The average Bonchev–Trinajstić information content (AvgIpc) is 2.70. The molecule has 1 saturated carbocycles. The molecule has 1 heterocycles. The molecule has 0 unspecified atom stereocenters. The fourth-order valence-corrected chi connectivity index (χ4v) is 4.68. The Morgan fingerprint density at radius 3 is 2.23 bits per heavy atom. The second-order valence-electron chi connectivity index (χ2n) is 7.86. The molecule has 0 radical (unpaired) electrons. The summed E-state index contributed by atoms with van der Waals surface area (Å²) in [6, 6.07) is 18.8. The maximum Gasteiger partial charge on any atom is 0.123 e. The fourth-order valence-electron chi connectivity index (χ4n) is 4.68. The van der Waals surface area contributed by atoms with Crippen molar-refractivity contribution in [2.75, 3.05) is 26.2 Å². The first-order chi connectivity index (χ1) is 12.8. The number of nitrogens with zero attached hydrogens (tertiary/aromatic N) is 2. The molecule has 3 heteroatoms. The van der Waals surface area contributed by atoms with Gasteiger partial charge in [0, 0.05) is 38.8 Å². The summed E-state index contributed by atoms with van der Waals surface area (Å²) in [5.41, 5.74) is 2.60. The summed E-state index contributed by atoms with van der Waals surface area (Å²) in [6.45, 7) is 5.35. The minimum absolute atomic E-state index is 0.128. The molecule has 0 N–H and O–H groups in total. The zero-order valence-electron chi connectivity index (χ0n) is 15.5. The van der Waals surface area contributed by atoms with Crippen molar-refractivity contribution in [3.63, 3.8) is 0 Å². The number of hydrogen-bond acceptors (Lipinski definition) is 2. The Bertz CT molecular complexity index is 686. The molecule has 2 aliphatic rings. The molecule has 138 valence electrons. The van der Waals surface area contributed by atoms with E-state index in [4.69, 9.17) is 0 Å². The molecule has 0 spiro atoms. The molecular weight excluding hydrogens is 323 g/mol. The van der Waals surface area contributed by atoms with Crippen LogP contribution in [0.3, 0.4) is 0 Å². The van der Waals surface area contributed by atoms with Gasteiger partial charge in [-0.15, -0.1) is 0 Å². The number of halogens is 1. The van der Waals surface area contributed by atoms with Crippen LogP contribution in [0.1, 0.15) is 42.7 Å². The molecule has 26 heavy (non-hydrogen) atoms. The van der Waals surface area contributed by atoms with E-state index in [1.807, 2.05) is 12.1 Å². The van der Waals surface area contributed by atoms with E-state index in [0.29, 0.717) is 0 Å². The molecule has 0 aromatic heterocycles. The van der Waals surface area contributed by atoms with Gasteiger partial charge in [0.2, 0.25) is 0 Å². The van der Waals surface area contributed by atoms with E-state index in [2.05, 4.69) is 40.1 Å². The minimum atomic E-state index is -0.128. The molecule has 2 aromatic rings. The van der Waals surface area contributed by atoms with Crippen LogP contribution >= 0.6 is 0 Å². The Morgan fingerprint density at radius 2 is 1.54 bits per heavy atom. The van der Waals surface area contributed by atoms with Gasteiger partial charge >= 0.3 is 0 Å². The third-order valence-corrected chi connectivity index (χ3v) is 6.19. The monoisotopic (exact) mass is 352 g/mol. The molecule has 2 fully saturated rings. The number of piperazine rings is 1. The highest BCUT2D eigenvalue weighted by molar-refractivity contribution is 5.20. The summed E-state index contributed by atoms with van der Waals surface area (Å²) >= 11 is 0. The second kappa shape index (κ2) is 8.32. The molecular formula is C23H29FN2. The predicted molar refractivity (Wildman–Crippen MR) is 105 cm³/mol. The quantitative estimate of drug-likeness (QED) is 0.789. The number of hydrogen-bond donors (Lipinski definition) is 0. The molecule has 1 aliphatic carbocycles. The Labute approximate surface area is 156 Å². The van der Waals surface area contributed by atoms with Crippen LogP contribution in [0.15, 0.2) is 54.6 Å². The fraction of sp³-hybridized carbons (Fsp3) is 0.478. The smallest absolute Gasteiger partial charge is 0.123 e. The summed E-state index contributed by atoms with van der Waals surface area (Å²) < 4.78 is 13.4. The second-order valence-corrected chi connectivity index (χ2v) is 7.86. The van der Waals surface area contributed by atoms with Crippen LogP contribution in [-0.2, 0) is 6.54 Å². The van der Waals surface area contributed by atoms with E-state index in [1.54, 1.807) is 6.07 Å². The molecule has 2 nitrogen and oxygen atoms in total. The summed E-state index contributed by atoms with van der Waals surface area (Å²) in [5, 5.41) is 0. The van der Waals surface area contributed by atoms with Crippen LogP contribution in [0.2, 0.25) is 0 Å². The summed E-state index contributed by atoms with van der Waals surface area (Å²) in [6.07, 6.45) is 5.28. The van der Waals surface area contributed by atoms with E-state index in [0.717, 1.165) is 50.2 Å². The molecule has 4 rings (SSSR count). The maximum atomic E-state index is 13.4. The van der Waals surface area contributed by atoms with Gasteiger partial charge in [0.25, 0.3) is 0 Å². The highest BCUT2D eigenvalue weighted by Crippen LogP contribution is 2.34. The number of benzene rings is 2. The minimum Gasteiger partial charge on any atom is -0.298 e. The number of rotatable bonds is 4. The van der Waals surface area contributed by atoms with Gasteiger partial charge in [-0.3, -0.25) is 9.80 Å². The molecule has 0 atom stereocenters. The van der Waals surface area contributed by atoms with E-state index in [1.165, 1.54) is 37.3 Å². The third-order valence-electron chi connectivity index (χ3n) is 6.19. The highest BCUT2D eigenvalue weighted by atomic mass is 19.1. The van der Waals surface area contributed by atoms with Crippen molar-refractivity contribution < 1.29 is 4.39 Å². The predicted octanol–water partition coefficient (Wildman–Crippen LogP) is 4.67. The van der Waals surface area contributed by atoms with Crippen LogP contribution in [0.5, 0.6) is 0 Å². The van der Waals surface area contributed by atoms with Crippen LogP contribution in [0.4, 0.5) is 4.39 Å². The lowest BCUT2D eigenvalue weighted by Crippen LogP contribution is -2.50. The summed E-state index contributed by atoms with van der Waals surface area (Å²) in [7, 11) is 0. The third kappa shape index (κ3) is 4.33. The van der Waals surface area contributed by atoms with Crippen LogP contribution in [0, 0.1) is 5.82 Å². The highest BCUT2D eigenvalue weighted by Gasteiger charge is 2.28. The normalized spacial score (nSPS) is 25.3. The van der Waals surface area contributed by atoms with Crippen molar-refractivity contribution >= 4 is 0 Å². The van der Waals surface area contributed by atoms with Crippen molar-refractivity contribution in [1.82, 2.24) is 9.80 Å². The lowest BCUT2D eigenvalue weighted by atomic mass is 9.81. The van der Waals surface area contributed by atoms with Crippen molar-refractivity contribution in [3.8, 4) is 0 Å². The van der Waals surface area contributed by atoms with Gasteiger partial charge in [0.15, 0.2) is 0 Å². The van der Waals surface area contributed by atoms with E-state index >= 15 is 0 Å². The van der Waals surface area contributed by atoms with Crippen LogP contribution < -0.4 is 0 Å². The molecule has 1 saturated heterocycles. The van der Waals surface area contributed by atoms with Crippen LogP contribution in [-0.4, -0.2) is 42.0 Å². The van der Waals surface area contributed by atoms with Gasteiger partial charge in [-0.1, -0.05) is 42.5 Å². The molecule has 0 bridgehead atoms. The van der Waals surface area contributed by atoms with Gasteiger partial charge in [-0.2, -0.15) is 0 Å². The van der Waals surface area contributed by atoms with Crippen molar-refractivity contribution in [2.24, 2.45) is 0 Å². The average molecular weight is 352 g/mol. The lowest BCUT2D eigenvalue weighted by molar-refractivity contribution is 0.0726. The Kier molecular flexibility index (Phi) is 5.66. The van der Waals surface area contributed by atoms with Gasteiger partial charge in [0.1, 0.15) is 5.82 Å². The van der Waals surface area contributed by atoms with Crippen molar-refractivity contribution in [1.29, 1.82) is 0 Å². The summed E-state index contributed by atoms with van der Waals surface area (Å²) in [4.78, 5) is 5.16. The first-order valence-corrected chi connectivity index (χ1v) is 10.0. The van der Waals surface area contributed by atoms with Gasteiger partial charge in [-0.05, 0) is 54.9 Å². The van der Waals surface area contributed by atoms with Gasteiger partial charge in [0.05, 0.1) is 0 Å². The first-order valence-electron chi connectivity index (χ1n) is 10.0. The molecule has 2 aromatic carbocycles. The van der Waals surface area contributed by atoms with E-state index in [9.17, 15) is 4.39 Å². The largest absolute Gasteiger partial charge is 0.298 e. The standard InChI is InChI=1S/C23H29FN2/c24-22-8-4-5-19(17-22)18-25-13-15-26(16-14-25)23-11-9-21(10-12-23)20-6-2-1-3-7-20/h1-8,17,21,23H,9-16,18H2. The molecule has 1 aliphatic heterocycles. The Morgan fingerprint density at radius 1 is 0.808 bits per heavy atom. The topological polar surface area (TPSA) is 6.48 Å². The van der Waals surface area contributed by atoms with Crippen molar-refractivity contribution in [3.05, 3.63) is 71.5 Å². The first kappa shape index (κ1) is 17.7.